The maximum atomic E-state index is 12.9. The van der Waals surface area contributed by atoms with Crippen molar-refractivity contribution in [1.29, 1.82) is 0 Å². The number of ether oxygens (including phenoxy) is 1. The zero-order valence-corrected chi connectivity index (χ0v) is 18.1. The number of carbonyl (C=O) groups is 2. The number of halogens is 1. The Morgan fingerprint density at radius 1 is 0.903 bits per heavy atom. The van der Waals surface area contributed by atoms with E-state index in [1.54, 1.807) is 45.8 Å². The predicted molar refractivity (Wildman–Crippen MR) is 119 cm³/mol. The lowest BCUT2D eigenvalue weighted by atomic mass is 10.1. The number of aryl methyl sites for hydroxylation is 1. The Balaban J connectivity index is 1.31. The van der Waals surface area contributed by atoms with Gasteiger partial charge in [-0.1, -0.05) is 41.9 Å². The van der Waals surface area contributed by atoms with Crippen LogP contribution in [0, 0.1) is 0 Å². The molecule has 0 radical (unpaired) electrons. The minimum absolute atomic E-state index is 0.0383. The first-order valence-electron chi connectivity index (χ1n) is 10.2. The third-order valence-corrected chi connectivity index (χ3v) is 5.60. The van der Waals surface area contributed by atoms with Gasteiger partial charge >= 0.3 is 0 Å². The molecule has 1 saturated heterocycles. The zero-order chi connectivity index (χ0) is 21.8. The highest BCUT2D eigenvalue weighted by atomic mass is 35.5. The van der Waals surface area contributed by atoms with Gasteiger partial charge in [0, 0.05) is 45.0 Å². The third kappa shape index (κ3) is 4.91. The summed E-state index contributed by atoms with van der Waals surface area (Å²) in [6.07, 6.45) is 1.71. The molecule has 1 fully saturated rings. The first-order chi connectivity index (χ1) is 15.0. The molecule has 0 unspecified atom stereocenters. The Labute approximate surface area is 186 Å². The van der Waals surface area contributed by atoms with Crippen LogP contribution < -0.4 is 4.74 Å². The molecule has 2 heterocycles. The maximum Gasteiger partial charge on any atom is 0.270 e. The van der Waals surface area contributed by atoms with Crippen LogP contribution >= 0.6 is 11.6 Å². The lowest BCUT2D eigenvalue weighted by molar-refractivity contribution is 0.0530. The molecule has 3 aromatic rings. The summed E-state index contributed by atoms with van der Waals surface area (Å²) < 4.78 is 7.51. The number of hydrogen-bond acceptors (Lipinski definition) is 3. The molecule has 0 bridgehead atoms. The minimum Gasteiger partial charge on any atom is -0.489 e. The van der Waals surface area contributed by atoms with Crippen molar-refractivity contribution in [2.45, 2.75) is 6.61 Å². The van der Waals surface area contributed by atoms with Gasteiger partial charge in [0.25, 0.3) is 11.8 Å². The number of hydrogen-bond donors (Lipinski definition) is 0. The second-order valence-corrected chi connectivity index (χ2v) is 7.97. The highest BCUT2D eigenvalue weighted by Gasteiger charge is 2.26. The van der Waals surface area contributed by atoms with E-state index < -0.39 is 0 Å². The number of carbonyl (C=O) groups excluding carboxylic acids is 2. The number of nitrogens with zero attached hydrogens (tertiary/aromatic N) is 3. The summed E-state index contributed by atoms with van der Waals surface area (Å²) in [5.41, 5.74) is 2.25. The van der Waals surface area contributed by atoms with Crippen LogP contribution in [0.3, 0.4) is 0 Å². The first-order valence-corrected chi connectivity index (χ1v) is 10.6. The van der Waals surface area contributed by atoms with Crippen molar-refractivity contribution < 1.29 is 14.3 Å². The molecule has 7 heteroatoms. The molecule has 1 aliphatic heterocycles. The van der Waals surface area contributed by atoms with Crippen LogP contribution in [0.25, 0.3) is 0 Å². The normalized spacial score (nSPS) is 13.9. The van der Waals surface area contributed by atoms with Crippen LogP contribution in [-0.2, 0) is 13.7 Å². The van der Waals surface area contributed by atoms with Gasteiger partial charge < -0.3 is 19.1 Å². The molecular weight excluding hydrogens is 414 g/mol. The highest BCUT2D eigenvalue weighted by molar-refractivity contribution is 6.31. The fraction of sp³-hybridized carbons (Fsp3) is 0.250. The Morgan fingerprint density at radius 2 is 1.52 bits per heavy atom. The lowest BCUT2D eigenvalue weighted by Crippen LogP contribution is -2.50. The van der Waals surface area contributed by atoms with E-state index in [1.165, 1.54) is 0 Å². The Hall–Kier alpha value is -3.25. The van der Waals surface area contributed by atoms with Gasteiger partial charge in [-0.05, 0) is 35.9 Å². The molecular formula is C24H24ClN3O3. The van der Waals surface area contributed by atoms with Gasteiger partial charge in [0.05, 0.1) is 5.02 Å². The fourth-order valence-electron chi connectivity index (χ4n) is 3.63. The molecule has 31 heavy (non-hydrogen) atoms. The average molecular weight is 438 g/mol. The van der Waals surface area contributed by atoms with Gasteiger partial charge in [-0.15, -0.1) is 0 Å². The molecule has 6 nitrogen and oxygen atoms in total. The molecule has 0 spiro atoms. The van der Waals surface area contributed by atoms with Crippen molar-refractivity contribution in [3.8, 4) is 5.75 Å². The van der Waals surface area contributed by atoms with Gasteiger partial charge in [0.1, 0.15) is 18.1 Å². The number of rotatable bonds is 5. The van der Waals surface area contributed by atoms with Crippen molar-refractivity contribution >= 4 is 23.4 Å². The summed E-state index contributed by atoms with van der Waals surface area (Å²) in [7, 11) is 1.80. The topological polar surface area (TPSA) is 54.8 Å². The number of amides is 2. The average Bonchev–Trinajstić information content (AvgIpc) is 3.15. The van der Waals surface area contributed by atoms with E-state index in [2.05, 4.69) is 0 Å². The second kappa shape index (κ2) is 9.27. The molecule has 1 aromatic heterocycles. The van der Waals surface area contributed by atoms with Crippen LogP contribution in [0.15, 0.2) is 66.9 Å². The van der Waals surface area contributed by atoms with Crippen LogP contribution in [0.1, 0.15) is 26.4 Å². The quantitative estimate of drug-likeness (QED) is 0.609. The molecule has 0 aliphatic carbocycles. The van der Waals surface area contributed by atoms with E-state index in [1.807, 2.05) is 42.5 Å². The van der Waals surface area contributed by atoms with Gasteiger partial charge in [0.15, 0.2) is 0 Å². The van der Waals surface area contributed by atoms with Crippen molar-refractivity contribution in [2.75, 3.05) is 26.2 Å². The van der Waals surface area contributed by atoms with Crippen LogP contribution in [0.5, 0.6) is 5.75 Å². The predicted octanol–water partition coefficient (Wildman–Crippen LogP) is 3.86. The Bertz CT molecular complexity index is 1060. The number of benzene rings is 2. The molecule has 1 aliphatic rings. The van der Waals surface area contributed by atoms with Crippen molar-refractivity contribution in [1.82, 2.24) is 14.4 Å². The Kier molecular flexibility index (Phi) is 6.28. The third-order valence-electron chi connectivity index (χ3n) is 5.39. The van der Waals surface area contributed by atoms with Crippen molar-refractivity contribution in [3.05, 3.63) is 88.7 Å². The molecule has 0 N–H and O–H groups in total. The Morgan fingerprint density at radius 3 is 2.10 bits per heavy atom. The second-order valence-electron chi connectivity index (χ2n) is 7.54. The minimum atomic E-state index is -0.0681. The summed E-state index contributed by atoms with van der Waals surface area (Å²) in [4.78, 5) is 29.1. The van der Waals surface area contributed by atoms with Gasteiger partial charge in [0.2, 0.25) is 0 Å². The first kappa shape index (κ1) is 21.0. The number of piperazine rings is 1. The summed E-state index contributed by atoms with van der Waals surface area (Å²) in [5, 5.41) is 0.538. The molecule has 0 atom stereocenters. The van der Waals surface area contributed by atoms with E-state index >= 15 is 0 Å². The van der Waals surface area contributed by atoms with E-state index in [0.29, 0.717) is 49.1 Å². The standard InChI is InChI=1S/C24H24ClN3O3/c1-26-16-20(25)15-22(26)24(30)28-13-11-27(12-14-28)23(29)19-7-9-21(10-8-19)31-17-18-5-3-2-4-6-18/h2-10,15-16H,11-14,17H2,1H3. The van der Waals surface area contributed by atoms with Crippen molar-refractivity contribution in [2.24, 2.45) is 7.05 Å². The lowest BCUT2D eigenvalue weighted by Gasteiger charge is -2.34. The summed E-state index contributed by atoms with van der Waals surface area (Å²) in [6.45, 7) is 2.46. The summed E-state index contributed by atoms with van der Waals surface area (Å²) in [5.74, 6) is 0.613. The monoisotopic (exact) mass is 437 g/mol. The molecule has 0 saturated carbocycles. The summed E-state index contributed by atoms with van der Waals surface area (Å²) >= 11 is 5.99. The molecule has 4 rings (SSSR count). The van der Waals surface area contributed by atoms with Crippen molar-refractivity contribution in [3.63, 3.8) is 0 Å². The largest absolute Gasteiger partial charge is 0.489 e. The fourth-order valence-corrected chi connectivity index (χ4v) is 3.88. The molecule has 160 valence electrons. The van der Waals surface area contributed by atoms with E-state index in [0.717, 1.165) is 11.3 Å². The van der Waals surface area contributed by atoms with Gasteiger partial charge in [-0.3, -0.25) is 9.59 Å². The zero-order valence-electron chi connectivity index (χ0n) is 17.3. The van der Waals surface area contributed by atoms with E-state index in [4.69, 9.17) is 16.3 Å². The van der Waals surface area contributed by atoms with Crippen LogP contribution in [-0.4, -0.2) is 52.4 Å². The molecule has 2 aromatic carbocycles. The summed E-state index contributed by atoms with van der Waals surface area (Å²) in [6, 6.07) is 18.8. The molecule has 2 amide bonds. The smallest absolute Gasteiger partial charge is 0.270 e. The SMILES string of the molecule is Cn1cc(Cl)cc1C(=O)N1CCN(C(=O)c2ccc(OCc3ccccc3)cc2)CC1. The van der Waals surface area contributed by atoms with Gasteiger partial charge in [-0.25, -0.2) is 0 Å². The van der Waals surface area contributed by atoms with Crippen LogP contribution in [0.4, 0.5) is 0 Å². The van der Waals surface area contributed by atoms with E-state index in [9.17, 15) is 9.59 Å². The maximum absolute atomic E-state index is 12.9. The van der Waals surface area contributed by atoms with Gasteiger partial charge in [-0.2, -0.15) is 0 Å². The number of aromatic nitrogens is 1. The highest BCUT2D eigenvalue weighted by Crippen LogP contribution is 2.18. The van der Waals surface area contributed by atoms with Crippen LogP contribution in [0.2, 0.25) is 5.02 Å². The van der Waals surface area contributed by atoms with E-state index in [-0.39, 0.29) is 11.8 Å².